The van der Waals surface area contributed by atoms with Gasteiger partial charge in [0.25, 0.3) is 0 Å². The van der Waals surface area contributed by atoms with E-state index in [-0.39, 0.29) is 5.92 Å². The van der Waals surface area contributed by atoms with Crippen molar-refractivity contribution in [2.45, 2.75) is 247 Å². The zero-order valence-electron chi connectivity index (χ0n) is 45.0. The predicted molar refractivity (Wildman–Crippen MR) is 262 cm³/mol. The molecule has 4 saturated carbocycles. The maximum Gasteiger partial charge on any atom is 0.187 e. The predicted octanol–water partition coefficient (Wildman–Crippen LogP) is -2.59. The number of hydrogen-bond acceptors (Lipinski definition) is 23. The summed E-state index contributed by atoms with van der Waals surface area (Å²) in [5.41, 5.74) is -2.88. The van der Waals surface area contributed by atoms with Gasteiger partial charge in [0, 0.05) is 0 Å². The molecule has 0 unspecified atom stereocenters. The van der Waals surface area contributed by atoms with Crippen molar-refractivity contribution in [1.82, 2.24) is 0 Å². The van der Waals surface area contributed by atoms with Crippen LogP contribution in [0.2, 0.25) is 0 Å². The Morgan fingerprint density at radius 2 is 1.20 bits per heavy atom. The number of fused-ring (bicyclic) bond motifs is 5. The molecule has 30 atom stereocenters. The Morgan fingerprint density at radius 3 is 1.83 bits per heavy atom. The summed E-state index contributed by atoms with van der Waals surface area (Å²) in [6, 6.07) is 0. The Morgan fingerprint density at radius 1 is 0.618 bits per heavy atom. The third-order valence-corrected chi connectivity index (χ3v) is 20.4. The Bertz CT molecular complexity index is 1980. The van der Waals surface area contributed by atoms with Gasteiger partial charge in [-0.3, -0.25) is 0 Å². The Kier molecular flexibility index (Phi) is 18.3. The Labute approximate surface area is 444 Å². The molecule has 4 heterocycles. The summed E-state index contributed by atoms with van der Waals surface area (Å²) < 4.78 is 49.5. The fourth-order valence-corrected chi connectivity index (χ4v) is 16.0. The highest BCUT2D eigenvalue weighted by Crippen LogP contribution is 2.76. The van der Waals surface area contributed by atoms with Crippen molar-refractivity contribution in [1.29, 1.82) is 0 Å². The van der Waals surface area contributed by atoms with Gasteiger partial charge in [-0.1, -0.05) is 46.3 Å². The van der Waals surface area contributed by atoms with Crippen LogP contribution in [0.3, 0.4) is 0 Å². The zero-order valence-corrected chi connectivity index (χ0v) is 45.0. The third kappa shape index (κ3) is 10.5. The lowest BCUT2D eigenvalue weighted by Gasteiger charge is -2.72. The van der Waals surface area contributed by atoms with E-state index in [1.165, 1.54) is 0 Å². The molecule has 0 amide bonds. The molecule has 8 aliphatic rings. The molecule has 15 N–H and O–H groups in total. The van der Waals surface area contributed by atoms with Gasteiger partial charge in [0.15, 0.2) is 25.2 Å². The van der Waals surface area contributed by atoms with E-state index in [1.54, 1.807) is 0 Å². The van der Waals surface area contributed by atoms with Gasteiger partial charge in [-0.05, 0) is 117 Å². The fourth-order valence-electron chi connectivity index (χ4n) is 16.0. The molecule has 0 bridgehead atoms. The smallest absolute Gasteiger partial charge is 0.187 e. The van der Waals surface area contributed by atoms with Crippen LogP contribution >= 0.6 is 0 Å². The van der Waals surface area contributed by atoms with E-state index in [9.17, 15) is 76.6 Å². The molecule has 4 saturated heterocycles. The van der Waals surface area contributed by atoms with Crippen LogP contribution in [0.1, 0.15) is 107 Å². The molecule has 4 aliphatic carbocycles. The van der Waals surface area contributed by atoms with Crippen LogP contribution in [0.25, 0.3) is 0 Å². The summed E-state index contributed by atoms with van der Waals surface area (Å²) in [5, 5.41) is 165. The molecule has 0 aromatic carbocycles. The first kappa shape index (κ1) is 60.9. The minimum Gasteiger partial charge on any atom is -0.394 e. The van der Waals surface area contributed by atoms with Crippen molar-refractivity contribution < 1.29 is 114 Å². The lowest BCUT2D eigenvalue weighted by Crippen LogP contribution is -2.71. The molecule has 23 nitrogen and oxygen atoms in total. The summed E-state index contributed by atoms with van der Waals surface area (Å²) in [4.78, 5) is 0. The topological polar surface area (TPSA) is 377 Å². The molecular weight excluding hydrogens is 1000 g/mol. The highest BCUT2D eigenvalue weighted by molar-refractivity contribution is 5.22. The molecular formula is C53H90O23. The SMILES string of the molecule is CC(C)=CCC[C@](C)(O[C@@H]1O[C@H](CO[C@@H]2O[C@H](CO)[C@@H](O)[C@H](O)[C@H]2O)[C@@H](O)[C@H](O)[C@H]1O)[C@H]1CC[C@]2(C)[C@@H]1[C@H](O)C[C@@H]1[C@@]3(C)CC[C@H](O)C(C)(C)[C@@H]3[C@@H](O[C@@H]3O[C@H](CO)[C@@H](O)[C@H](O)[C@H]3O[C@@H]3OC[C@@H](O)[C@H](O)[C@H]3O)C[C@]12C. The number of aliphatic hydroxyl groups excluding tert-OH is 15. The van der Waals surface area contributed by atoms with Crippen LogP contribution in [0.5, 0.6) is 0 Å². The minimum absolute atomic E-state index is 0.148. The van der Waals surface area contributed by atoms with Crippen molar-refractivity contribution in [3.8, 4) is 0 Å². The maximum absolute atomic E-state index is 12.9. The van der Waals surface area contributed by atoms with Crippen molar-refractivity contribution in [3.05, 3.63) is 11.6 Å². The lowest BCUT2D eigenvalue weighted by molar-refractivity contribution is -0.377. The monoisotopic (exact) mass is 1090 g/mol. The van der Waals surface area contributed by atoms with Gasteiger partial charge < -0.3 is 114 Å². The van der Waals surface area contributed by atoms with Gasteiger partial charge in [-0.15, -0.1) is 0 Å². The second-order valence-electron chi connectivity index (χ2n) is 25.5. The molecule has 76 heavy (non-hydrogen) atoms. The van der Waals surface area contributed by atoms with E-state index in [0.29, 0.717) is 51.4 Å². The van der Waals surface area contributed by atoms with Crippen LogP contribution < -0.4 is 0 Å². The van der Waals surface area contributed by atoms with E-state index in [0.717, 1.165) is 5.57 Å². The second-order valence-corrected chi connectivity index (χ2v) is 25.5. The maximum atomic E-state index is 12.9. The molecule has 0 spiro atoms. The van der Waals surface area contributed by atoms with Crippen LogP contribution in [0.15, 0.2) is 11.6 Å². The standard InChI is InChI=1S/C53H90O23/c1-22(2)10-9-13-53(8,76-47-42(68)38(64)36(62)29(74-47)21-70-45-41(67)37(63)34(60)27(18-54)72-45)23-11-15-51(6)32(23)24(56)16-30-50(5)14-12-31(58)49(3,4)44(50)26(17-52(30,51)7)71-48-43(39(65)35(61)28(19-55)73-48)75-46-40(66)33(59)25(57)20-69-46/h10,23-48,54-68H,9,11-21H2,1-8H3/t23-,24+,25+,26-,27+,28+,29+,30+,31-,32-,33-,34+,35+,36+,37-,38-,39-,40+,41+,42+,43+,44-,45+,46-,47-,48+,50+,51+,52+,53-/m0/s1. The van der Waals surface area contributed by atoms with E-state index >= 15 is 0 Å². The summed E-state index contributed by atoms with van der Waals surface area (Å²) in [6.07, 6.45) is -27.2. The summed E-state index contributed by atoms with van der Waals surface area (Å²) in [6.45, 7) is 14.0. The number of ether oxygens (including phenoxy) is 8. The summed E-state index contributed by atoms with van der Waals surface area (Å²) in [7, 11) is 0. The molecule has 4 aliphatic heterocycles. The quantitative estimate of drug-likeness (QED) is 0.0591. The van der Waals surface area contributed by atoms with Crippen molar-refractivity contribution in [2.24, 2.45) is 45.3 Å². The van der Waals surface area contributed by atoms with Gasteiger partial charge in [-0.25, -0.2) is 0 Å². The van der Waals surface area contributed by atoms with Gasteiger partial charge >= 0.3 is 0 Å². The second kappa shape index (κ2) is 22.9. The van der Waals surface area contributed by atoms with Crippen molar-refractivity contribution in [3.63, 3.8) is 0 Å². The highest BCUT2D eigenvalue weighted by Gasteiger charge is 2.74. The van der Waals surface area contributed by atoms with Crippen molar-refractivity contribution in [2.75, 3.05) is 26.4 Å². The largest absolute Gasteiger partial charge is 0.394 e. The normalized spacial score (nSPS) is 53.2. The number of aliphatic hydroxyl groups is 15. The third-order valence-electron chi connectivity index (χ3n) is 20.4. The molecule has 8 fully saturated rings. The Balaban J connectivity index is 1.11. The summed E-state index contributed by atoms with van der Waals surface area (Å²) in [5.74, 6) is -1.43. The van der Waals surface area contributed by atoms with Gasteiger partial charge in [0.1, 0.15) is 91.6 Å². The van der Waals surface area contributed by atoms with E-state index in [1.807, 2.05) is 34.6 Å². The zero-order chi connectivity index (χ0) is 55.9. The van der Waals surface area contributed by atoms with E-state index < -0.39 is 206 Å². The van der Waals surface area contributed by atoms with Crippen molar-refractivity contribution >= 4 is 0 Å². The molecule has 0 radical (unpaired) electrons. The Hall–Kier alpha value is -1.18. The lowest BCUT2D eigenvalue weighted by atomic mass is 9.34. The molecule has 0 aromatic heterocycles. The molecule has 23 heteroatoms. The fraction of sp³-hybridized carbons (Fsp3) is 0.962. The number of rotatable bonds is 15. The van der Waals surface area contributed by atoms with E-state index in [2.05, 4.69) is 26.8 Å². The van der Waals surface area contributed by atoms with Crippen LogP contribution in [-0.4, -0.2) is 244 Å². The number of hydrogen-bond donors (Lipinski definition) is 15. The first-order chi connectivity index (χ1) is 35.5. The van der Waals surface area contributed by atoms with Gasteiger partial charge in [-0.2, -0.15) is 0 Å². The molecule has 0 aromatic rings. The van der Waals surface area contributed by atoms with Crippen LogP contribution in [-0.2, 0) is 37.9 Å². The average Bonchev–Trinajstić information content (AvgIpc) is 3.77. The highest BCUT2D eigenvalue weighted by atomic mass is 16.8. The number of allylic oxidation sites excluding steroid dienone is 2. The first-order valence-corrected chi connectivity index (χ1v) is 27.4. The average molecular weight is 1100 g/mol. The minimum atomic E-state index is -1.81. The van der Waals surface area contributed by atoms with Gasteiger partial charge in [0.05, 0.1) is 50.3 Å². The summed E-state index contributed by atoms with van der Waals surface area (Å²) >= 11 is 0. The van der Waals surface area contributed by atoms with Crippen LogP contribution in [0, 0.1) is 45.3 Å². The molecule has 440 valence electrons. The molecule has 8 rings (SSSR count). The van der Waals surface area contributed by atoms with Crippen LogP contribution in [0.4, 0.5) is 0 Å². The van der Waals surface area contributed by atoms with E-state index in [4.69, 9.17) is 37.9 Å². The first-order valence-electron chi connectivity index (χ1n) is 27.4. The van der Waals surface area contributed by atoms with Gasteiger partial charge in [0.2, 0.25) is 0 Å².